The van der Waals surface area contributed by atoms with Crippen molar-refractivity contribution < 1.29 is 0 Å². The van der Waals surface area contributed by atoms with Crippen LogP contribution in [-0.2, 0) is 6.42 Å². The molecule has 1 aromatic rings. The van der Waals surface area contributed by atoms with Crippen LogP contribution in [0.4, 0.5) is 0 Å². The molecule has 0 radical (unpaired) electrons. The van der Waals surface area contributed by atoms with Crippen molar-refractivity contribution in [1.82, 2.24) is 4.98 Å². The zero-order valence-electron chi connectivity index (χ0n) is 5.34. The van der Waals surface area contributed by atoms with Crippen molar-refractivity contribution >= 4 is 11.6 Å². The highest BCUT2D eigenvalue weighted by Crippen LogP contribution is 2.07. The lowest BCUT2D eigenvalue weighted by Gasteiger charge is -1.92. The highest BCUT2D eigenvalue weighted by atomic mass is 35.5. The number of nitrogens with zero attached hydrogens (tertiary/aromatic N) is 1. The van der Waals surface area contributed by atoms with E-state index in [0.717, 1.165) is 5.56 Å². The maximum Gasteiger partial charge on any atom is 0.0592 e. The average molecular weight is 152 g/mol. The summed E-state index contributed by atoms with van der Waals surface area (Å²) in [5, 5.41) is 0.632. The molecule has 0 aliphatic rings. The van der Waals surface area contributed by atoms with Crippen molar-refractivity contribution in [3.8, 4) is 12.3 Å². The van der Waals surface area contributed by atoms with E-state index in [1.54, 1.807) is 12.4 Å². The Morgan fingerprint density at radius 3 is 3.00 bits per heavy atom. The van der Waals surface area contributed by atoms with Crippen LogP contribution in [0.3, 0.4) is 0 Å². The van der Waals surface area contributed by atoms with Crippen LogP contribution in [-0.4, -0.2) is 4.98 Å². The second kappa shape index (κ2) is 3.24. The number of rotatable bonds is 1. The lowest BCUT2D eigenvalue weighted by atomic mass is 10.2. The molecule has 0 bridgehead atoms. The number of terminal acetylenes is 1. The van der Waals surface area contributed by atoms with E-state index < -0.39 is 0 Å². The number of aromatic nitrogens is 1. The first-order valence-corrected chi connectivity index (χ1v) is 3.23. The van der Waals surface area contributed by atoms with Crippen LogP contribution in [0.25, 0.3) is 0 Å². The largest absolute Gasteiger partial charge is 0.263 e. The summed E-state index contributed by atoms with van der Waals surface area (Å²) in [6.07, 6.45) is 8.98. The average Bonchev–Trinajstić information content (AvgIpc) is 1.88. The molecule has 0 aliphatic heterocycles. The summed E-state index contributed by atoms with van der Waals surface area (Å²) in [5.74, 6) is 2.51. The lowest BCUT2D eigenvalue weighted by Crippen LogP contribution is -1.81. The van der Waals surface area contributed by atoms with Gasteiger partial charge in [-0.2, -0.15) is 0 Å². The summed E-state index contributed by atoms with van der Waals surface area (Å²) in [4.78, 5) is 3.88. The zero-order valence-corrected chi connectivity index (χ0v) is 6.10. The standard InChI is InChI=1S/C8H6ClN/c1-2-3-7-4-8(9)6-10-5-7/h1,4-6H,3H2. The topological polar surface area (TPSA) is 12.9 Å². The van der Waals surface area contributed by atoms with Crippen molar-refractivity contribution in [2.75, 3.05) is 0 Å². The Hall–Kier alpha value is -1.00. The van der Waals surface area contributed by atoms with Gasteiger partial charge in [-0.3, -0.25) is 4.98 Å². The fraction of sp³-hybridized carbons (Fsp3) is 0.125. The Morgan fingerprint density at radius 1 is 1.60 bits per heavy atom. The van der Waals surface area contributed by atoms with Crippen LogP contribution in [0.1, 0.15) is 5.56 Å². The molecule has 0 atom stereocenters. The van der Waals surface area contributed by atoms with Gasteiger partial charge in [-0.1, -0.05) is 11.6 Å². The second-order valence-electron chi connectivity index (χ2n) is 1.89. The monoisotopic (exact) mass is 151 g/mol. The van der Waals surface area contributed by atoms with Crippen LogP contribution in [0.15, 0.2) is 18.5 Å². The summed E-state index contributed by atoms with van der Waals surface area (Å²) < 4.78 is 0. The number of pyridine rings is 1. The third-order valence-electron chi connectivity index (χ3n) is 1.07. The van der Waals surface area contributed by atoms with E-state index in [-0.39, 0.29) is 0 Å². The molecule has 0 aromatic carbocycles. The third kappa shape index (κ3) is 1.75. The first kappa shape index (κ1) is 7.11. The summed E-state index contributed by atoms with van der Waals surface area (Å²) in [7, 11) is 0. The molecule has 2 heteroatoms. The minimum Gasteiger partial charge on any atom is -0.263 e. The molecule has 0 unspecified atom stereocenters. The Balaban J connectivity index is 2.87. The molecule has 0 saturated heterocycles. The first-order chi connectivity index (χ1) is 4.83. The van der Waals surface area contributed by atoms with Gasteiger partial charge < -0.3 is 0 Å². The zero-order chi connectivity index (χ0) is 7.40. The minimum absolute atomic E-state index is 0.591. The summed E-state index contributed by atoms with van der Waals surface area (Å²) >= 11 is 5.65. The molecule has 0 amide bonds. The molecule has 1 nitrogen and oxygen atoms in total. The van der Waals surface area contributed by atoms with Crippen molar-refractivity contribution in [3.63, 3.8) is 0 Å². The van der Waals surface area contributed by atoms with Crippen LogP contribution >= 0.6 is 11.6 Å². The van der Waals surface area contributed by atoms with Crippen molar-refractivity contribution in [3.05, 3.63) is 29.0 Å². The number of halogens is 1. The number of hydrogen-bond donors (Lipinski definition) is 0. The highest BCUT2D eigenvalue weighted by molar-refractivity contribution is 6.30. The maximum absolute atomic E-state index is 5.65. The van der Waals surface area contributed by atoms with E-state index in [1.165, 1.54) is 0 Å². The minimum atomic E-state index is 0.591. The van der Waals surface area contributed by atoms with Crippen LogP contribution in [0.2, 0.25) is 5.02 Å². The van der Waals surface area contributed by atoms with E-state index >= 15 is 0 Å². The molecule has 50 valence electrons. The Morgan fingerprint density at radius 2 is 2.40 bits per heavy atom. The lowest BCUT2D eigenvalue weighted by molar-refractivity contribution is 1.21. The molecule has 1 heterocycles. The molecule has 10 heavy (non-hydrogen) atoms. The van der Waals surface area contributed by atoms with Gasteiger partial charge in [-0.15, -0.1) is 12.3 Å². The van der Waals surface area contributed by atoms with Crippen molar-refractivity contribution in [1.29, 1.82) is 0 Å². The first-order valence-electron chi connectivity index (χ1n) is 2.86. The van der Waals surface area contributed by atoms with Gasteiger partial charge in [0, 0.05) is 18.8 Å². The second-order valence-corrected chi connectivity index (χ2v) is 2.33. The van der Waals surface area contributed by atoms with Crippen molar-refractivity contribution in [2.24, 2.45) is 0 Å². The van der Waals surface area contributed by atoms with E-state index in [9.17, 15) is 0 Å². The van der Waals surface area contributed by atoms with Gasteiger partial charge in [0.2, 0.25) is 0 Å². The molecule has 0 spiro atoms. The molecular weight excluding hydrogens is 146 g/mol. The highest BCUT2D eigenvalue weighted by Gasteiger charge is 1.90. The van der Waals surface area contributed by atoms with E-state index in [4.69, 9.17) is 18.0 Å². The number of hydrogen-bond acceptors (Lipinski definition) is 1. The van der Waals surface area contributed by atoms with Crippen LogP contribution < -0.4 is 0 Å². The molecular formula is C8H6ClN. The van der Waals surface area contributed by atoms with Gasteiger partial charge in [0.25, 0.3) is 0 Å². The smallest absolute Gasteiger partial charge is 0.0592 e. The molecule has 0 N–H and O–H groups in total. The van der Waals surface area contributed by atoms with E-state index in [0.29, 0.717) is 11.4 Å². The summed E-state index contributed by atoms with van der Waals surface area (Å²) in [5.41, 5.74) is 0.981. The van der Waals surface area contributed by atoms with Gasteiger partial charge >= 0.3 is 0 Å². The van der Waals surface area contributed by atoms with Gasteiger partial charge in [-0.05, 0) is 11.6 Å². The fourth-order valence-corrected chi connectivity index (χ4v) is 0.867. The Bertz CT molecular complexity index is 262. The van der Waals surface area contributed by atoms with Crippen LogP contribution in [0.5, 0.6) is 0 Å². The molecule has 1 rings (SSSR count). The van der Waals surface area contributed by atoms with Gasteiger partial charge in [0.05, 0.1) is 5.02 Å². The predicted molar refractivity (Wildman–Crippen MR) is 41.8 cm³/mol. The quantitative estimate of drug-likeness (QED) is 0.559. The molecule has 0 fully saturated rings. The summed E-state index contributed by atoms with van der Waals surface area (Å²) in [6.45, 7) is 0. The molecule has 0 saturated carbocycles. The van der Waals surface area contributed by atoms with Crippen LogP contribution in [0, 0.1) is 12.3 Å². The Labute approximate surface area is 65.0 Å². The third-order valence-corrected chi connectivity index (χ3v) is 1.27. The van der Waals surface area contributed by atoms with E-state index in [2.05, 4.69) is 10.9 Å². The predicted octanol–water partition coefficient (Wildman–Crippen LogP) is 1.91. The van der Waals surface area contributed by atoms with Gasteiger partial charge in [0.1, 0.15) is 0 Å². The van der Waals surface area contributed by atoms with Crippen molar-refractivity contribution in [2.45, 2.75) is 6.42 Å². The normalized spacial score (nSPS) is 8.80. The SMILES string of the molecule is C#CCc1cncc(Cl)c1. The summed E-state index contributed by atoms with van der Waals surface area (Å²) in [6, 6.07) is 1.81. The molecule has 1 aromatic heterocycles. The Kier molecular flexibility index (Phi) is 2.30. The van der Waals surface area contributed by atoms with Gasteiger partial charge in [0.15, 0.2) is 0 Å². The maximum atomic E-state index is 5.65. The van der Waals surface area contributed by atoms with Gasteiger partial charge in [-0.25, -0.2) is 0 Å². The fourth-order valence-electron chi connectivity index (χ4n) is 0.670. The van der Waals surface area contributed by atoms with E-state index in [1.807, 2.05) is 6.07 Å². The molecule has 0 aliphatic carbocycles.